The highest BCUT2D eigenvalue weighted by Gasteiger charge is 2.24. The number of thiophene rings is 1. The quantitative estimate of drug-likeness (QED) is 0.279. The molecule has 3 aromatic rings. The summed E-state index contributed by atoms with van der Waals surface area (Å²) in [4.78, 5) is 5.11. The predicted molar refractivity (Wildman–Crippen MR) is 136 cm³/mol. The molecule has 0 amide bonds. The zero-order chi connectivity index (χ0) is 22.0. The number of benzene rings is 2. The van der Waals surface area contributed by atoms with Gasteiger partial charge in [-0.3, -0.25) is 4.90 Å². The fourth-order valence-electron chi connectivity index (χ4n) is 5.07. The van der Waals surface area contributed by atoms with Crippen LogP contribution in [0.4, 0.5) is 11.4 Å². The molecule has 1 saturated heterocycles. The number of hydrogen-bond acceptors (Lipinski definition) is 5. The molecule has 3 heterocycles. The van der Waals surface area contributed by atoms with Crippen LogP contribution in [0.25, 0.3) is 10.1 Å². The first-order chi connectivity index (χ1) is 15.6. The zero-order valence-corrected chi connectivity index (χ0v) is 19.8. The van der Waals surface area contributed by atoms with Crippen LogP contribution in [0.15, 0.2) is 47.8 Å². The first-order valence-electron chi connectivity index (χ1n) is 11.9. The molecule has 0 aliphatic carbocycles. The van der Waals surface area contributed by atoms with E-state index in [0.717, 1.165) is 69.8 Å². The highest BCUT2D eigenvalue weighted by atomic mass is 32.1. The molecule has 2 aromatic carbocycles. The van der Waals surface area contributed by atoms with E-state index in [4.69, 9.17) is 4.74 Å². The van der Waals surface area contributed by atoms with Crippen LogP contribution in [-0.2, 0) is 6.42 Å². The Morgan fingerprint density at radius 1 is 1.06 bits per heavy atom. The molecular weight excluding hydrogens is 418 g/mol. The van der Waals surface area contributed by atoms with Crippen LogP contribution in [0.1, 0.15) is 24.8 Å². The SMILES string of the molecule is C[N+]1([O-])CCCc2ccc(OCCCCN3CCN(c4cccc5sccc45)CC3)cc21. The number of nitrogens with zero attached hydrogens (tertiary/aromatic N) is 3. The summed E-state index contributed by atoms with van der Waals surface area (Å²) in [6, 6.07) is 15.0. The fraction of sp³-hybridized carbons (Fsp3) is 0.462. The minimum atomic E-state index is -0.278. The minimum Gasteiger partial charge on any atom is -0.628 e. The average molecular weight is 452 g/mol. The Bertz CT molecular complexity index is 1060. The van der Waals surface area contributed by atoms with Crippen molar-refractivity contribution in [1.82, 2.24) is 9.55 Å². The second kappa shape index (κ2) is 9.40. The topological polar surface area (TPSA) is 38.8 Å². The first-order valence-corrected chi connectivity index (χ1v) is 12.7. The third kappa shape index (κ3) is 4.64. The van der Waals surface area contributed by atoms with Gasteiger partial charge in [-0.25, -0.2) is 0 Å². The minimum absolute atomic E-state index is 0.278. The lowest BCUT2D eigenvalue weighted by molar-refractivity contribution is 0.238. The Kier molecular flexibility index (Phi) is 6.37. The van der Waals surface area contributed by atoms with Gasteiger partial charge >= 0.3 is 0 Å². The average Bonchev–Trinajstić information content (AvgIpc) is 3.29. The van der Waals surface area contributed by atoms with E-state index in [2.05, 4.69) is 45.5 Å². The van der Waals surface area contributed by atoms with Crippen molar-refractivity contribution in [1.29, 1.82) is 0 Å². The van der Waals surface area contributed by atoms with Crippen molar-refractivity contribution in [3.8, 4) is 5.75 Å². The zero-order valence-electron chi connectivity index (χ0n) is 19.0. The lowest BCUT2D eigenvalue weighted by atomic mass is 10.0. The third-order valence-corrected chi connectivity index (χ3v) is 7.80. The Morgan fingerprint density at radius 3 is 2.81 bits per heavy atom. The maximum atomic E-state index is 12.7. The normalized spacial score (nSPS) is 21.6. The van der Waals surface area contributed by atoms with Gasteiger partial charge in [0.05, 0.1) is 20.2 Å². The van der Waals surface area contributed by atoms with E-state index < -0.39 is 0 Å². The van der Waals surface area contributed by atoms with Crippen LogP contribution in [0.3, 0.4) is 0 Å². The number of aryl methyl sites for hydroxylation is 1. The summed E-state index contributed by atoms with van der Waals surface area (Å²) in [5, 5.41) is 16.3. The van der Waals surface area contributed by atoms with E-state index in [1.807, 2.05) is 23.5 Å². The molecule has 0 N–H and O–H groups in total. The van der Waals surface area contributed by atoms with Crippen LogP contribution in [0, 0.1) is 5.21 Å². The maximum Gasteiger partial charge on any atom is 0.139 e. The van der Waals surface area contributed by atoms with Gasteiger partial charge in [-0.2, -0.15) is 0 Å². The number of quaternary nitrogens is 1. The lowest BCUT2D eigenvalue weighted by Gasteiger charge is -2.42. The number of fused-ring (bicyclic) bond motifs is 2. The summed E-state index contributed by atoms with van der Waals surface area (Å²) in [6.45, 7) is 6.91. The molecular formula is C26H33N3O2S. The lowest BCUT2D eigenvalue weighted by Crippen LogP contribution is -2.46. The Morgan fingerprint density at radius 2 is 1.94 bits per heavy atom. The van der Waals surface area contributed by atoms with Crippen molar-refractivity contribution < 1.29 is 4.74 Å². The summed E-state index contributed by atoms with van der Waals surface area (Å²) in [5.41, 5.74) is 3.44. The number of unbranched alkanes of at least 4 members (excludes halogenated alkanes) is 1. The predicted octanol–water partition coefficient (Wildman–Crippen LogP) is 5.26. The van der Waals surface area contributed by atoms with Crippen molar-refractivity contribution >= 4 is 32.8 Å². The number of piperazine rings is 1. The van der Waals surface area contributed by atoms with Gasteiger partial charge in [-0.1, -0.05) is 6.07 Å². The number of ether oxygens (including phenoxy) is 1. The van der Waals surface area contributed by atoms with Crippen molar-refractivity contribution in [3.05, 3.63) is 58.6 Å². The van der Waals surface area contributed by atoms with Crippen LogP contribution in [-0.4, -0.2) is 57.8 Å². The molecule has 1 aromatic heterocycles. The van der Waals surface area contributed by atoms with Crippen molar-refractivity contribution in [2.75, 3.05) is 57.8 Å². The van der Waals surface area contributed by atoms with E-state index in [0.29, 0.717) is 13.2 Å². The first kappa shape index (κ1) is 21.7. The summed E-state index contributed by atoms with van der Waals surface area (Å²) in [5.74, 6) is 0.835. The Hall–Kier alpha value is -2.12. The van der Waals surface area contributed by atoms with E-state index in [-0.39, 0.29) is 4.65 Å². The molecule has 0 radical (unpaired) electrons. The molecule has 5 nitrogen and oxygen atoms in total. The standard InChI is InChI=1S/C26H33N3O2S/c1-29(30)17-5-6-21-9-10-22(20-25(21)29)31-18-3-2-12-27-13-15-28(16-14-27)24-7-4-8-26-23(24)11-19-32-26/h4,7-11,19-20H,2-3,5-6,12-18H2,1H3. The molecule has 0 saturated carbocycles. The number of hydroxylamine groups is 2. The third-order valence-electron chi connectivity index (χ3n) is 6.92. The smallest absolute Gasteiger partial charge is 0.139 e. The van der Waals surface area contributed by atoms with Crippen LogP contribution < -0.4 is 14.3 Å². The van der Waals surface area contributed by atoms with Gasteiger partial charge < -0.3 is 19.5 Å². The number of anilines is 1. The molecule has 2 aliphatic rings. The largest absolute Gasteiger partial charge is 0.628 e. The summed E-state index contributed by atoms with van der Waals surface area (Å²) >= 11 is 1.82. The molecule has 0 bridgehead atoms. The van der Waals surface area contributed by atoms with Gasteiger partial charge in [-0.05, 0) is 61.5 Å². The Balaban J connectivity index is 1.05. The van der Waals surface area contributed by atoms with Gasteiger partial charge in [0.15, 0.2) is 0 Å². The van der Waals surface area contributed by atoms with Gasteiger partial charge in [-0.15, -0.1) is 11.3 Å². The molecule has 1 fully saturated rings. The molecule has 1 atom stereocenters. The molecule has 32 heavy (non-hydrogen) atoms. The van der Waals surface area contributed by atoms with Crippen molar-refractivity contribution in [2.24, 2.45) is 0 Å². The number of hydrogen-bond donors (Lipinski definition) is 0. The summed E-state index contributed by atoms with van der Waals surface area (Å²) in [6.07, 6.45) is 4.14. The highest BCUT2D eigenvalue weighted by molar-refractivity contribution is 7.17. The fourth-order valence-corrected chi connectivity index (χ4v) is 5.88. The monoisotopic (exact) mass is 451 g/mol. The van der Waals surface area contributed by atoms with Gasteiger partial charge in [0, 0.05) is 60.0 Å². The molecule has 2 aliphatic heterocycles. The van der Waals surface area contributed by atoms with E-state index in [1.54, 1.807) is 7.05 Å². The van der Waals surface area contributed by atoms with Crippen LogP contribution in [0.2, 0.25) is 0 Å². The van der Waals surface area contributed by atoms with E-state index >= 15 is 0 Å². The van der Waals surface area contributed by atoms with Crippen LogP contribution >= 0.6 is 11.3 Å². The van der Waals surface area contributed by atoms with E-state index in [1.165, 1.54) is 21.3 Å². The molecule has 0 spiro atoms. The highest BCUT2D eigenvalue weighted by Crippen LogP contribution is 2.34. The summed E-state index contributed by atoms with van der Waals surface area (Å²) < 4.78 is 7.09. The number of rotatable bonds is 7. The van der Waals surface area contributed by atoms with Gasteiger partial charge in [0.1, 0.15) is 11.4 Å². The molecule has 1 unspecified atom stereocenters. The molecule has 5 rings (SSSR count). The maximum absolute atomic E-state index is 12.7. The van der Waals surface area contributed by atoms with Gasteiger partial charge in [0.2, 0.25) is 0 Å². The second-order valence-corrected chi connectivity index (χ2v) is 10.2. The van der Waals surface area contributed by atoms with Crippen LogP contribution in [0.5, 0.6) is 5.75 Å². The molecule has 170 valence electrons. The second-order valence-electron chi connectivity index (χ2n) is 9.21. The van der Waals surface area contributed by atoms with Crippen molar-refractivity contribution in [3.63, 3.8) is 0 Å². The van der Waals surface area contributed by atoms with Gasteiger partial charge in [0.25, 0.3) is 0 Å². The summed E-state index contributed by atoms with van der Waals surface area (Å²) in [7, 11) is 1.75. The Labute approximate surface area is 195 Å². The van der Waals surface area contributed by atoms with Crippen molar-refractivity contribution in [2.45, 2.75) is 25.7 Å². The van der Waals surface area contributed by atoms with E-state index in [9.17, 15) is 5.21 Å². The molecule has 6 heteroatoms.